The Morgan fingerprint density at radius 2 is 2.11 bits per heavy atom. The second-order valence-corrected chi connectivity index (χ2v) is 4.42. The molecule has 1 aliphatic heterocycles. The van der Waals surface area contributed by atoms with Gasteiger partial charge in [-0.2, -0.15) is 0 Å². The van der Waals surface area contributed by atoms with E-state index in [1.807, 2.05) is 17.0 Å². The van der Waals surface area contributed by atoms with E-state index in [1.54, 1.807) is 30.6 Å². The van der Waals surface area contributed by atoms with Crippen molar-refractivity contribution >= 4 is 5.91 Å². The molecule has 0 N–H and O–H groups in total. The van der Waals surface area contributed by atoms with Gasteiger partial charge in [0.25, 0.3) is 5.91 Å². The Morgan fingerprint density at radius 1 is 1.28 bits per heavy atom. The van der Waals surface area contributed by atoms with Gasteiger partial charge in [0.2, 0.25) is 0 Å². The minimum absolute atomic E-state index is 0.0538. The molecule has 0 aliphatic carbocycles. The van der Waals surface area contributed by atoms with Gasteiger partial charge in [-0.1, -0.05) is 18.2 Å². The predicted molar refractivity (Wildman–Crippen MR) is 69.1 cm³/mol. The maximum absolute atomic E-state index is 12.4. The number of fused-ring (bicyclic) bond motifs is 1. The summed E-state index contributed by atoms with van der Waals surface area (Å²) in [5.41, 5.74) is 2.81. The number of aromatic nitrogens is 1. The zero-order chi connectivity index (χ0) is 13.2. The van der Waals surface area contributed by atoms with Crippen molar-refractivity contribution in [2.45, 2.75) is 13.0 Å². The van der Waals surface area contributed by atoms with E-state index >= 15 is 0 Å². The molecule has 0 fully saturated rings. The molecule has 0 spiro atoms. The third-order valence-electron chi connectivity index (χ3n) is 3.24. The number of rotatable bonds is 2. The van der Waals surface area contributed by atoms with Crippen LogP contribution in [0.2, 0.25) is 0 Å². The molecule has 0 bridgehead atoms. The van der Waals surface area contributed by atoms with Crippen LogP contribution < -0.4 is 0 Å². The molecule has 1 aromatic heterocycles. The Bertz CT molecular complexity index is 613. The lowest BCUT2D eigenvalue weighted by molar-refractivity contribution is 0.0727. The molecule has 0 atom stereocenters. The van der Waals surface area contributed by atoms with Crippen molar-refractivity contribution in [3.05, 3.63) is 65.5 Å². The van der Waals surface area contributed by atoms with Crippen molar-refractivity contribution in [1.82, 2.24) is 9.88 Å². The summed E-state index contributed by atoms with van der Waals surface area (Å²) in [6.45, 7) is 1.32. The number of benzene rings is 1. The van der Waals surface area contributed by atoms with Gasteiger partial charge < -0.3 is 4.90 Å². The van der Waals surface area contributed by atoms with Gasteiger partial charge in [0, 0.05) is 31.0 Å². The van der Waals surface area contributed by atoms with Crippen LogP contribution in [0.3, 0.4) is 0 Å². The summed E-state index contributed by atoms with van der Waals surface area (Å²) in [5, 5.41) is 0. The second-order valence-electron chi connectivity index (χ2n) is 4.42. The van der Waals surface area contributed by atoms with Gasteiger partial charge in [-0.05, 0) is 35.7 Å². The zero-order valence-electron chi connectivity index (χ0n) is 11.0. The van der Waals surface area contributed by atoms with E-state index in [2.05, 4.69) is 4.98 Å². The monoisotopic (exact) mass is 239 g/mol. The van der Waals surface area contributed by atoms with Crippen molar-refractivity contribution < 1.29 is 6.17 Å². The number of carbonyl (C=O) groups is 1. The van der Waals surface area contributed by atoms with E-state index in [0.717, 1.165) is 23.1 Å². The second kappa shape index (κ2) is 4.61. The minimum Gasteiger partial charge on any atom is -0.334 e. The molecule has 2 heterocycles. The van der Waals surface area contributed by atoms with E-state index in [1.165, 1.54) is 0 Å². The lowest BCUT2D eigenvalue weighted by Gasteiger charge is -2.28. The Morgan fingerprint density at radius 3 is 2.94 bits per heavy atom. The molecule has 2 aromatic rings. The molecule has 0 saturated heterocycles. The predicted octanol–water partition coefficient (Wildman–Crippen LogP) is 2.28. The third kappa shape index (κ3) is 1.99. The van der Waals surface area contributed by atoms with E-state index < -0.39 is 0 Å². The normalized spacial score (nSPS) is 15.2. The van der Waals surface area contributed by atoms with E-state index in [0.29, 0.717) is 19.1 Å². The summed E-state index contributed by atoms with van der Waals surface area (Å²) in [4.78, 5) is 18.2. The Balaban J connectivity index is 1.84. The smallest absolute Gasteiger partial charge is 0.254 e. The van der Waals surface area contributed by atoms with Gasteiger partial charge in [-0.3, -0.25) is 9.78 Å². The van der Waals surface area contributed by atoms with Gasteiger partial charge in [-0.15, -0.1) is 0 Å². The van der Waals surface area contributed by atoms with Crippen LogP contribution in [-0.4, -0.2) is 22.3 Å². The van der Waals surface area contributed by atoms with Gasteiger partial charge in [0.15, 0.2) is 0 Å². The highest BCUT2D eigenvalue weighted by molar-refractivity contribution is 5.96. The lowest BCUT2D eigenvalue weighted by atomic mass is 9.99. The summed E-state index contributed by atoms with van der Waals surface area (Å²) in [5.74, 6) is 0.0538. The van der Waals surface area contributed by atoms with Crippen molar-refractivity contribution in [3.8, 4) is 0 Å². The van der Waals surface area contributed by atoms with Gasteiger partial charge >= 0.3 is 0 Å². The summed E-state index contributed by atoms with van der Waals surface area (Å²) >= 11 is 0. The number of nitrogens with zero attached hydrogens (tertiary/aromatic N) is 2. The highest BCUT2D eigenvalue weighted by Crippen LogP contribution is 2.20. The maximum atomic E-state index is 12.4. The molecule has 0 radical (unpaired) electrons. The number of amides is 1. The first kappa shape index (κ1) is 9.83. The summed E-state index contributed by atoms with van der Waals surface area (Å²) < 4.78 is 7.60. The Hall–Kier alpha value is -2.16. The molecule has 3 rings (SSSR count). The van der Waals surface area contributed by atoms with Crippen molar-refractivity contribution in [3.63, 3.8) is 0 Å². The summed E-state index contributed by atoms with van der Waals surface area (Å²) in [6.07, 6.45) is 4.30. The molecule has 0 saturated carbocycles. The fourth-order valence-electron chi connectivity index (χ4n) is 2.27. The number of hydrogen-bond donors (Lipinski definition) is 0. The highest BCUT2D eigenvalue weighted by Gasteiger charge is 2.23. The van der Waals surface area contributed by atoms with Crippen LogP contribution in [0.15, 0.2) is 48.8 Å². The average Bonchev–Trinajstić information content (AvgIpc) is 2.43. The fourth-order valence-corrected chi connectivity index (χ4v) is 2.27. The van der Waals surface area contributed by atoms with Crippen molar-refractivity contribution in [2.24, 2.45) is 0 Å². The van der Waals surface area contributed by atoms with Crippen LogP contribution in [0.5, 0.6) is 0 Å². The van der Waals surface area contributed by atoms with E-state index in [-0.39, 0.29) is 5.91 Å². The molecule has 18 heavy (non-hydrogen) atoms. The van der Waals surface area contributed by atoms with E-state index in [9.17, 15) is 4.79 Å². The summed E-state index contributed by atoms with van der Waals surface area (Å²) in [7, 11) is 0. The topological polar surface area (TPSA) is 33.2 Å². The fraction of sp³-hybridized carbons (Fsp3) is 0.200. The van der Waals surface area contributed by atoms with Crippen LogP contribution in [0.1, 0.15) is 22.9 Å². The summed E-state index contributed by atoms with van der Waals surface area (Å²) in [6, 6.07) is 9.54. The molecule has 1 aliphatic rings. The highest BCUT2D eigenvalue weighted by atomic mass is 16.2. The first-order valence-corrected chi connectivity index (χ1v) is 6.02. The molecule has 1 aromatic carbocycles. The van der Waals surface area contributed by atoms with E-state index in [4.69, 9.17) is 1.37 Å². The van der Waals surface area contributed by atoms with Gasteiger partial charge in [-0.25, -0.2) is 0 Å². The molecule has 1 amide bonds. The first-order chi connectivity index (χ1) is 9.24. The Kier molecular flexibility index (Phi) is 2.52. The molecule has 90 valence electrons. The molecule has 3 nitrogen and oxygen atoms in total. The van der Waals surface area contributed by atoms with Gasteiger partial charge in [0.1, 0.15) is 0 Å². The van der Waals surface area contributed by atoms with Crippen molar-refractivity contribution in [1.29, 1.82) is 0 Å². The van der Waals surface area contributed by atoms with Crippen LogP contribution in [0.25, 0.3) is 0 Å². The van der Waals surface area contributed by atoms with Gasteiger partial charge in [0.05, 0.1) is 1.37 Å². The molecule has 0 unspecified atom stereocenters. The minimum atomic E-state index is 0.0538. The number of pyridine rings is 1. The SMILES string of the molecule is [2H]c1ccc2c(c1)CCN(Cc1ccncc1)C2=O. The third-order valence-corrected chi connectivity index (χ3v) is 3.24. The van der Waals surface area contributed by atoms with Crippen LogP contribution >= 0.6 is 0 Å². The Labute approximate surface area is 107 Å². The van der Waals surface area contributed by atoms with Crippen LogP contribution in [-0.2, 0) is 13.0 Å². The lowest BCUT2D eigenvalue weighted by Crippen LogP contribution is -2.36. The van der Waals surface area contributed by atoms with Crippen LogP contribution in [0.4, 0.5) is 0 Å². The van der Waals surface area contributed by atoms with Crippen molar-refractivity contribution in [2.75, 3.05) is 6.54 Å². The molecular weight excluding hydrogens is 224 g/mol. The number of hydrogen-bond acceptors (Lipinski definition) is 2. The molecule has 3 heteroatoms. The van der Waals surface area contributed by atoms with Crippen LogP contribution in [0, 0.1) is 0 Å². The standard InChI is InChI=1S/C15H14N2O/c18-15-14-4-2-1-3-13(14)7-10-17(15)11-12-5-8-16-9-6-12/h1-6,8-9H,7,10-11H2/i1D. The zero-order valence-corrected chi connectivity index (χ0v) is 9.97. The number of carbonyl (C=O) groups excluding carboxylic acids is 1. The quantitative estimate of drug-likeness (QED) is 0.805. The first-order valence-electron chi connectivity index (χ1n) is 6.52. The average molecular weight is 239 g/mol. The maximum Gasteiger partial charge on any atom is 0.254 e. The molecular formula is C15H14N2O. The largest absolute Gasteiger partial charge is 0.334 e.